The second kappa shape index (κ2) is 5.19. The van der Waals surface area contributed by atoms with Crippen molar-refractivity contribution < 1.29 is 14.7 Å². The van der Waals surface area contributed by atoms with Crippen LogP contribution in [0.15, 0.2) is 18.2 Å². The van der Waals surface area contributed by atoms with Crippen LogP contribution < -0.4 is 0 Å². The average molecular weight is 314 g/mol. The molecule has 1 aromatic carbocycles. The van der Waals surface area contributed by atoms with Crippen LogP contribution in [0.2, 0.25) is 0 Å². The van der Waals surface area contributed by atoms with Gasteiger partial charge in [0.25, 0.3) is 0 Å². The Morgan fingerprint density at radius 2 is 1.96 bits per heavy atom. The third kappa shape index (κ3) is 2.24. The fourth-order valence-corrected chi connectivity index (χ4v) is 5.01. The molecule has 1 saturated carbocycles. The number of aliphatic carboxylic acids is 1. The smallest absolute Gasteiger partial charge is 0.310 e. The lowest BCUT2D eigenvalue weighted by molar-refractivity contribution is -0.161. The number of benzene rings is 1. The molecule has 2 aliphatic rings. The van der Waals surface area contributed by atoms with E-state index in [4.69, 9.17) is 0 Å². The van der Waals surface area contributed by atoms with Crippen molar-refractivity contribution in [2.75, 3.05) is 0 Å². The minimum absolute atomic E-state index is 0.102. The first kappa shape index (κ1) is 16.2. The molecule has 3 nitrogen and oxygen atoms in total. The summed E-state index contributed by atoms with van der Waals surface area (Å²) in [4.78, 5) is 24.9. The number of fused-ring (bicyclic) bond motifs is 3. The minimum atomic E-state index is -0.946. The third-order valence-electron chi connectivity index (χ3n) is 6.25. The van der Waals surface area contributed by atoms with Gasteiger partial charge in [0, 0.05) is 17.8 Å². The van der Waals surface area contributed by atoms with Crippen LogP contribution in [0.1, 0.15) is 69.6 Å². The third-order valence-corrected chi connectivity index (χ3v) is 6.25. The second-order valence-corrected chi connectivity index (χ2v) is 8.14. The predicted molar refractivity (Wildman–Crippen MR) is 89.7 cm³/mol. The van der Waals surface area contributed by atoms with Crippen LogP contribution in [0.5, 0.6) is 0 Å². The van der Waals surface area contributed by atoms with Crippen LogP contribution in [0, 0.1) is 11.3 Å². The van der Waals surface area contributed by atoms with Gasteiger partial charge in [-0.2, -0.15) is 0 Å². The van der Waals surface area contributed by atoms with E-state index in [1.165, 1.54) is 11.1 Å². The summed E-state index contributed by atoms with van der Waals surface area (Å²) in [5.41, 5.74) is 2.24. The summed E-state index contributed by atoms with van der Waals surface area (Å²) in [7, 11) is 0. The molecule has 0 spiro atoms. The standard InChI is InChI=1S/C20H26O3/c1-12(2)13-6-7-15-14(10-13)11-16(21)17-19(15,3)8-5-9-20(17,4)18(22)23/h6-7,10,12,17H,5,8-9,11H2,1-4H3,(H,22,23)/t17-,19-,20-/m1/s1. The normalized spacial score (nSPS) is 33.3. The van der Waals surface area contributed by atoms with Crippen molar-refractivity contribution in [2.45, 2.75) is 64.7 Å². The van der Waals surface area contributed by atoms with Gasteiger partial charge in [-0.1, -0.05) is 45.4 Å². The Balaban J connectivity index is 2.16. The van der Waals surface area contributed by atoms with E-state index >= 15 is 0 Å². The molecule has 1 fully saturated rings. The summed E-state index contributed by atoms with van der Waals surface area (Å²) in [5, 5.41) is 9.78. The van der Waals surface area contributed by atoms with Crippen LogP contribution in [-0.4, -0.2) is 16.9 Å². The molecule has 0 radical (unpaired) electrons. The first-order chi connectivity index (χ1) is 10.7. The highest BCUT2D eigenvalue weighted by Crippen LogP contribution is 2.56. The predicted octanol–water partition coefficient (Wildman–Crippen LogP) is 4.08. The van der Waals surface area contributed by atoms with Gasteiger partial charge in [0.05, 0.1) is 5.41 Å². The van der Waals surface area contributed by atoms with Gasteiger partial charge >= 0.3 is 5.97 Å². The van der Waals surface area contributed by atoms with Gasteiger partial charge in [-0.15, -0.1) is 0 Å². The zero-order valence-electron chi connectivity index (χ0n) is 14.5. The molecule has 0 aliphatic heterocycles. The molecule has 0 amide bonds. The van der Waals surface area contributed by atoms with Crippen LogP contribution in [-0.2, 0) is 21.4 Å². The number of hydrogen-bond donors (Lipinski definition) is 1. The molecule has 0 saturated heterocycles. The summed E-state index contributed by atoms with van der Waals surface area (Å²) < 4.78 is 0. The summed E-state index contributed by atoms with van der Waals surface area (Å²) in [6, 6.07) is 6.46. The minimum Gasteiger partial charge on any atom is -0.481 e. The molecule has 0 unspecified atom stereocenters. The molecule has 23 heavy (non-hydrogen) atoms. The van der Waals surface area contributed by atoms with E-state index in [0.29, 0.717) is 18.8 Å². The van der Waals surface area contributed by atoms with Gasteiger partial charge in [0.15, 0.2) is 0 Å². The van der Waals surface area contributed by atoms with Crippen LogP contribution in [0.3, 0.4) is 0 Å². The van der Waals surface area contributed by atoms with Crippen molar-refractivity contribution in [1.29, 1.82) is 0 Å². The molecule has 0 aromatic heterocycles. The number of carboxylic acids is 1. The van der Waals surface area contributed by atoms with Gasteiger partial charge in [0.2, 0.25) is 0 Å². The number of carbonyl (C=O) groups excluding carboxylic acids is 1. The number of carboxylic acid groups (broad SMARTS) is 1. The molecule has 3 heteroatoms. The molecule has 3 rings (SSSR count). The largest absolute Gasteiger partial charge is 0.481 e. The Morgan fingerprint density at radius 3 is 2.57 bits per heavy atom. The van der Waals surface area contributed by atoms with Crippen molar-refractivity contribution in [3.05, 3.63) is 34.9 Å². The van der Waals surface area contributed by atoms with Crippen LogP contribution in [0.4, 0.5) is 0 Å². The van der Waals surface area contributed by atoms with E-state index in [-0.39, 0.29) is 11.2 Å². The lowest BCUT2D eigenvalue weighted by atomic mass is 9.49. The molecule has 0 bridgehead atoms. The van der Waals surface area contributed by atoms with Crippen molar-refractivity contribution >= 4 is 11.8 Å². The Kier molecular flexibility index (Phi) is 3.66. The molecule has 1 aromatic rings. The highest BCUT2D eigenvalue weighted by molar-refractivity contribution is 5.93. The topological polar surface area (TPSA) is 54.4 Å². The fraction of sp³-hybridized carbons (Fsp3) is 0.600. The van der Waals surface area contributed by atoms with Gasteiger partial charge in [-0.3, -0.25) is 9.59 Å². The van der Waals surface area contributed by atoms with E-state index < -0.39 is 17.3 Å². The number of carbonyl (C=O) groups is 2. The quantitative estimate of drug-likeness (QED) is 0.894. The maximum atomic E-state index is 12.9. The monoisotopic (exact) mass is 314 g/mol. The van der Waals surface area contributed by atoms with Crippen molar-refractivity contribution in [3.63, 3.8) is 0 Å². The van der Waals surface area contributed by atoms with Gasteiger partial charge < -0.3 is 5.11 Å². The molecular weight excluding hydrogens is 288 g/mol. The highest BCUT2D eigenvalue weighted by Gasteiger charge is 2.58. The molecule has 3 atom stereocenters. The van der Waals surface area contributed by atoms with E-state index in [2.05, 4.69) is 39.0 Å². The van der Waals surface area contributed by atoms with Crippen LogP contribution >= 0.6 is 0 Å². The summed E-state index contributed by atoms with van der Waals surface area (Å²) >= 11 is 0. The Labute approximate surface area is 138 Å². The van der Waals surface area contributed by atoms with E-state index in [9.17, 15) is 14.7 Å². The average Bonchev–Trinajstić information content (AvgIpc) is 2.46. The van der Waals surface area contributed by atoms with Crippen molar-refractivity contribution in [2.24, 2.45) is 11.3 Å². The van der Waals surface area contributed by atoms with E-state index in [1.54, 1.807) is 6.92 Å². The SMILES string of the molecule is CC(C)c1ccc2c(c1)CC(=O)[C@H]1[C@](C)(C(=O)O)CCC[C@]21C. The Bertz CT molecular complexity index is 675. The summed E-state index contributed by atoms with van der Waals surface area (Å²) in [5.74, 6) is -0.718. The van der Waals surface area contributed by atoms with Crippen LogP contribution in [0.25, 0.3) is 0 Å². The second-order valence-electron chi connectivity index (χ2n) is 8.14. The zero-order valence-corrected chi connectivity index (χ0v) is 14.5. The number of Topliss-reactive ketones (excluding diaryl/α,β-unsaturated/α-hetero) is 1. The highest BCUT2D eigenvalue weighted by atomic mass is 16.4. The van der Waals surface area contributed by atoms with Gasteiger partial charge in [-0.05, 0) is 42.4 Å². The lowest BCUT2D eigenvalue weighted by Crippen LogP contribution is -2.56. The molecule has 124 valence electrons. The Morgan fingerprint density at radius 1 is 1.26 bits per heavy atom. The first-order valence-corrected chi connectivity index (χ1v) is 8.59. The number of rotatable bonds is 2. The van der Waals surface area contributed by atoms with Gasteiger partial charge in [-0.25, -0.2) is 0 Å². The fourth-order valence-electron chi connectivity index (χ4n) is 5.01. The molecule has 1 N–H and O–H groups in total. The summed E-state index contributed by atoms with van der Waals surface area (Å²) in [6.07, 6.45) is 2.71. The van der Waals surface area contributed by atoms with E-state index in [1.807, 2.05) is 0 Å². The van der Waals surface area contributed by atoms with Crippen molar-refractivity contribution in [3.8, 4) is 0 Å². The molecule has 2 aliphatic carbocycles. The number of hydrogen-bond acceptors (Lipinski definition) is 2. The van der Waals surface area contributed by atoms with Gasteiger partial charge in [0.1, 0.15) is 5.78 Å². The lowest BCUT2D eigenvalue weighted by Gasteiger charge is -2.52. The maximum Gasteiger partial charge on any atom is 0.310 e. The summed E-state index contributed by atoms with van der Waals surface area (Å²) in [6.45, 7) is 8.17. The maximum absolute atomic E-state index is 12.9. The van der Waals surface area contributed by atoms with E-state index in [0.717, 1.165) is 18.4 Å². The molecule has 0 heterocycles. The zero-order chi connectivity index (χ0) is 17.0. The first-order valence-electron chi connectivity index (χ1n) is 8.59. The number of ketones is 1. The van der Waals surface area contributed by atoms with Crippen molar-refractivity contribution in [1.82, 2.24) is 0 Å². The molecular formula is C20H26O3. The Hall–Kier alpha value is -1.64.